The molecule has 0 amide bonds. The summed E-state index contributed by atoms with van der Waals surface area (Å²) in [5, 5.41) is 3.53. The van der Waals surface area contributed by atoms with E-state index in [2.05, 4.69) is 31.3 Å². The van der Waals surface area contributed by atoms with E-state index in [0.29, 0.717) is 11.8 Å². The first kappa shape index (κ1) is 15.2. The van der Waals surface area contributed by atoms with Gasteiger partial charge in [-0.15, -0.1) is 0 Å². The van der Waals surface area contributed by atoms with Crippen LogP contribution in [0.15, 0.2) is 18.2 Å². The molecule has 0 bridgehead atoms. The zero-order chi connectivity index (χ0) is 14.5. The van der Waals surface area contributed by atoms with Gasteiger partial charge in [-0.25, -0.2) is 0 Å². The number of methoxy groups -OCH3 is 2. The van der Waals surface area contributed by atoms with Crippen molar-refractivity contribution < 1.29 is 9.47 Å². The van der Waals surface area contributed by atoms with Crippen LogP contribution < -0.4 is 14.8 Å². The predicted molar refractivity (Wildman–Crippen MR) is 82.7 cm³/mol. The summed E-state index contributed by atoms with van der Waals surface area (Å²) in [7, 11) is 3.44. The third-order valence-corrected chi connectivity index (χ3v) is 4.21. The van der Waals surface area contributed by atoms with Gasteiger partial charge in [0.15, 0.2) is 11.5 Å². The fourth-order valence-corrected chi connectivity index (χ4v) is 3.39. The average molecular weight is 277 g/mol. The van der Waals surface area contributed by atoms with Crippen LogP contribution in [0.1, 0.15) is 38.2 Å². The number of hydrogen-bond acceptors (Lipinski definition) is 3. The summed E-state index contributed by atoms with van der Waals surface area (Å²) < 4.78 is 11.1. The molecule has 1 heterocycles. The Labute approximate surface area is 122 Å². The normalized spacial score (nSPS) is 22.9. The van der Waals surface area contributed by atoms with Crippen LogP contribution in [-0.4, -0.2) is 27.3 Å². The van der Waals surface area contributed by atoms with Gasteiger partial charge >= 0.3 is 0 Å². The van der Waals surface area contributed by atoms with Crippen LogP contribution in [-0.2, 0) is 0 Å². The first-order valence-electron chi connectivity index (χ1n) is 7.59. The zero-order valence-electron chi connectivity index (χ0n) is 13.1. The summed E-state index contributed by atoms with van der Waals surface area (Å²) in [4.78, 5) is 0. The highest BCUT2D eigenvalue weighted by molar-refractivity contribution is 5.48. The average Bonchev–Trinajstić information content (AvgIpc) is 2.46. The van der Waals surface area contributed by atoms with Gasteiger partial charge in [0.1, 0.15) is 0 Å². The van der Waals surface area contributed by atoms with E-state index in [1.54, 1.807) is 14.2 Å². The van der Waals surface area contributed by atoms with Crippen molar-refractivity contribution in [2.24, 2.45) is 11.8 Å². The van der Waals surface area contributed by atoms with Crippen molar-refractivity contribution in [3.05, 3.63) is 23.8 Å². The molecule has 0 aromatic heterocycles. The van der Waals surface area contributed by atoms with Crippen molar-refractivity contribution in [1.29, 1.82) is 0 Å². The van der Waals surface area contributed by atoms with Gasteiger partial charge in [-0.1, -0.05) is 26.0 Å². The van der Waals surface area contributed by atoms with E-state index in [1.165, 1.54) is 18.4 Å². The number of para-hydroxylation sites is 1. The van der Waals surface area contributed by atoms with Crippen LogP contribution in [0.25, 0.3) is 0 Å². The van der Waals surface area contributed by atoms with Crippen LogP contribution in [0.2, 0.25) is 0 Å². The van der Waals surface area contributed by atoms with E-state index in [1.807, 2.05) is 6.07 Å². The summed E-state index contributed by atoms with van der Waals surface area (Å²) in [5.41, 5.74) is 1.30. The number of nitrogens with one attached hydrogen (secondary N) is 1. The fraction of sp³-hybridized carbons (Fsp3) is 0.647. The highest BCUT2D eigenvalue weighted by atomic mass is 16.5. The summed E-state index contributed by atoms with van der Waals surface area (Å²) in [6.45, 7) is 6.78. The molecule has 3 heteroatoms. The van der Waals surface area contributed by atoms with E-state index in [0.717, 1.165) is 30.5 Å². The smallest absolute Gasteiger partial charge is 0.164 e. The summed E-state index contributed by atoms with van der Waals surface area (Å²) in [5.74, 6) is 3.70. The molecule has 1 fully saturated rings. The lowest BCUT2D eigenvalue weighted by Gasteiger charge is -2.34. The standard InChI is InChI=1S/C17H27NO2/c1-12(2)10-13-11-18-9-8-14(13)15-6-5-7-16(19-3)17(15)20-4/h5-7,12-14,18H,8-11H2,1-4H3. The quantitative estimate of drug-likeness (QED) is 0.894. The molecule has 1 N–H and O–H groups in total. The summed E-state index contributed by atoms with van der Waals surface area (Å²) in [6.07, 6.45) is 2.42. The Balaban J connectivity index is 2.32. The first-order valence-corrected chi connectivity index (χ1v) is 7.59. The van der Waals surface area contributed by atoms with Crippen LogP contribution in [0.3, 0.4) is 0 Å². The lowest BCUT2D eigenvalue weighted by molar-refractivity contribution is 0.271. The van der Waals surface area contributed by atoms with E-state index in [4.69, 9.17) is 9.47 Å². The topological polar surface area (TPSA) is 30.5 Å². The number of ether oxygens (including phenoxy) is 2. The molecule has 0 aliphatic carbocycles. The Morgan fingerprint density at radius 2 is 2.05 bits per heavy atom. The Bertz CT molecular complexity index is 431. The second-order valence-electron chi connectivity index (χ2n) is 6.07. The molecule has 1 aliphatic rings. The second-order valence-corrected chi connectivity index (χ2v) is 6.07. The predicted octanol–water partition coefficient (Wildman–Crippen LogP) is 3.44. The number of piperidine rings is 1. The fourth-order valence-electron chi connectivity index (χ4n) is 3.39. The minimum absolute atomic E-state index is 0.559. The van der Waals surface area contributed by atoms with Crippen molar-refractivity contribution in [1.82, 2.24) is 5.32 Å². The maximum Gasteiger partial charge on any atom is 0.164 e. The molecule has 0 spiro atoms. The molecule has 2 unspecified atom stereocenters. The molecular formula is C17H27NO2. The maximum atomic E-state index is 5.63. The van der Waals surface area contributed by atoms with Crippen molar-refractivity contribution in [2.75, 3.05) is 27.3 Å². The molecule has 1 aromatic carbocycles. The van der Waals surface area contributed by atoms with Crippen LogP contribution in [0.4, 0.5) is 0 Å². The van der Waals surface area contributed by atoms with Gasteiger partial charge in [-0.05, 0) is 49.8 Å². The van der Waals surface area contributed by atoms with Gasteiger partial charge in [0.05, 0.1) is 14.2 Å². The first-order chi connectivity index (χ1) is 9.67. The number of hydrogen-bond donors (Lipinski definition) is 1. The van der Waals surface area contributed by atoms with Crippen molar-refractivity contribution in [3.63, 3.8) is 0 Å². The lowest BCUT2D eigenvalue weighted by atomic mass is 9.77. The largest absolute Gasteiger partial charge is 0.493 e. The molecule has 1 aromatic rings. The highest BCUT2D eigenvalue weighted by Crippen LogP contribution is 2.42. The zero-order valence-corrected chi connectivity index (χ0v) is 13.1. The van der Waals surface area contributed by atoms with Crippen LogP contribution in [0, 0.1) is 11.8 Å². The van der Waals surface area contributed by atoms with Gasteiger partial charge in [-0.2, -0.15) is 0 Å². The molecule has 2 rings (SSSR count). The van der Waals surface area contributed by atoms with Gasteiger partial charge < -0.3 is 14.8 Å². The van der Waals surface area contributed by atoms with Gasteiger partial charge in [0.2, 0.25) is 0 Å². The Hall–Kier alpha value is -1.22. The van der Waals surface area contributed by atoms with E-state index in [9.17, 15) is 0 Å². The molecule has 0 radical (unpaired) electrons. The van der Waals surface area contributed by atoms with Gasteiger partial charge in [0.25, 0.3) is 0 Å². The second kappa shape index (κ2) is 6.98. The highest BCUT2D eigenvalue weighted by Gasteiger charge is 2.29. The Kier molecular flexibility index (Phi) is 5.30. The molecule has 1 aliphatic heterocycles. The van der Waals surface area contributed by atoms with Crippen molar-refractivity contribution in [2.45, 2.75) is 32.6 Å². The third-order valence-electron chi connectivity index (χ3n) is 4.21. The Morgan fingerprint density at radius 3 is 2.70 bits per heavy atom. The van der Waals surface area contributed by atoms with E-state index < -0.39 is 0 Å². The van der Waals surface area contributed by atoms with E-state index >= 15 is 0 Å². The summed E-state index contributed by atoms with van der Waals surface area (Å²) in [6, 6.07) is 6.25. The molecule has 0 saturated carbocycles. The summed E-state index contributed by atoms with van der Waals surface area (Å²) >= 11 is 0. The van der Waals surface area contributed by atoms with E-state index in [-0.39, 0.29) is 0 Å². The SMILES string of the molecule is COc1cccc(C2CCNCC2CC(C)C)c1OC. The molecule has 2 atom stereocenters. The number of rotatable bonds is 5. The third kappa shape index (κ3) is 3.26. The minimum Gasteiger partial charge on any atom is -0.493 e. The van der Waals surface area contributed by atoms with Crippen LogP contribution >= 0.6 is 0 Å². The Morgan fingerprint density at radius 1 is 1.25 bits per heavy atom. The molecular weight excluding hydrogens is 250 g/mol. The maximum absolute atomic E-state index is 5.63. The molecule has 3 nitrogen and oxygen atoms in total. The van der Waals surface area contributed by atoms with Gasteiger partial charge in [-0.3, -0.25) is 0 Å². The lowest BCUT2D eigenvalue weighted by Crippen LogP contribution is -2.36. The van der Waals surface area contributed by atoms with Crippen LogP contribution in [0.5, 0.6) is 11.5 Å². The van der Waals surface area contributed by atoms with Crippen molar-refractivity contribution in [3.8, 4) is 11.5 Å². The monoisotopic (exact) mass is 277 g/mol. The molecule has 1 saturated heterocycles. The molecule has 112 valence electrons. The minimum atomic E-state index is 0.559. The van der Waals surface area contributed by atoms with Crippen molar-refractivity contribution >= 4 is 0 Å². The number of benzene rings is 1. The molecule has 20 heavy (non-hydrogen) atoms. The van der Waals surface area contributed by atoms with Gasteiger partial charge in [0, 0.05) is 5.56 Å².